The first-order valence-electron chi connectivity index (χ1n) is 8.32. The van der Waals surface area contributed by atoms with Crippen LogP contribution in [0.25, 0.3) is 0 Å². The zero-order chi connectivity index (χ0) is 20.6. The van der Waals surface area contributed by atoms with Crippen LogP contribution in [-0.4, -0.2) is 10.9 Å². The van der Waals surface area contributed by atoms with Gasteiger partial charge in [0.1, 0.15) is 0 Å². The van der Waals surface area contributed by atoms with E-state index in [-0.39, 0.29) is 12.3 Å². The summed E-state index contributed by atoms with van der Waals surface area (Å²) in [6.45, 7) is 4.32. The third-order valence-electron chi connectivity index (χ3n) is 4.00. The molecule has 4 N–H and O–H groups in total. The van der Waals surface area contributed by atoms with Crippen molar-refractivity contribution >= 4 is 47.7 Å². The van der Waals surface area contributed by atoms with Gasteiger partial charge in [0.2, 0.25) is 0 Å². The summed E-state index contributed by atoms with van der Waals surface area (Å²) in [6.07, 6.45) is 1.16. The molecule has 6 nitrogen and oxygen atoms in total. The number of nitriles is 1. The van der Waals surface area contributed by atoms with Crippen molar-refractivity contribution in [2.75, 3.05) is 5.48 Å². The SMILES string of the molecule is CC(C)(C#N)c1cc(CNC=N)cc(CSc2ccc(NOSO)c(Cl)c2)c1. The fourth-order valence-corrected chi connectivity index (χ4v) is 3.72. The highest BCUT2D eigenvalue weighted by Crippen LogP contribution is 2.32. The first-order valence-corrected chi connectivity index (χ1v) is 10.4. The van der Waals surface area contributed by atoms with Crippen molar-refractivity contribution in [1.82, 2.24) is 5.32 Å². The fraction of sp³-hybridized carbons (Fsp3) is 0.263. The zero-order valence-electron chi connectivity index (χ0n) is 15.5. The van der Waals surface area contributed by atoms with E-state index in [0.29, 0.717) is 23.0 Å². The number of rotatable bonds is 10. The standard InChI is InChI=1S/C19H21ClN4O2S2/c1-19(2,11-21)15-6-13(9-23-12-22)5-14(7-15)10-27-16-3-4-18(17(20)8-16)24-26-28-25/h3-8,12,24-25H,9-10H2,1-2H3,(H2,22,23). The molecule has 0 aliphatic rings. The molecule has 0 amide bonds. The molecule has 148 valence electrons. The second-order valence-corrected chi connectivity index (χ2v) is 8.26. The van der Waals surface area contributed by atoms with Crippen LogP contribution in [0.2, 0.25) is 5.02 Å². The van der Waals surface area contributed by atoms with E-state index in [4.69, 9.17) is 21.6 Å². The maximum Gasteiger partial charge on any atom is 0.182 e. The van der Waals surface area contributed by atoms with Gasteiger partial charge in [-0.25, -0.2) is 0 Å². The summed E-state index contributed by atoms with van der Waals surface area (Å²) >= 11 is 8.06. The van der Waals surface area contributed by atoms with E-state index in [1.165, 1.54) is 0 Å². The van der Waals surface area contributed by atoms with Crippen LogP contribution in [0.1, 0.15) is 30.5 Å². The van der Waals surface area contributed by atoms with Crippen molar-refractivity contribution in [3.8, 4) is 6.07 Å². The molecule has 0 saturated carbocycles. The number of nitrogens with zero attached hydrogens (tertiary/aromatic N) is 1. The van der Waals surface area contributed by atoms with Crippen molar-refractivity contribution in [3.63, 3.8) is 0 Å². The topological polar surface area (TPSA) is 101 Å². The Balaban J connectivity index is 2.18. The minimum atomic E-state index is -0.596. The molecule has 9 heteroatoms. The van der Waals surface area contributed by atoms with Gasteiger partial charge in [-0.1, -0.05) is 29.8 Å². The van der Waals surface area contributed by atoms with Crippen LogP contribution >= 0.6 is 35.7 Å². The molecule has 0 aliphatic heterocycles. The number of nitrogens with one attached hydrogen (secondary N) is 3. The highest BCUT2D eigenvalue weighted by Gasteiger charge is 2.21. The summed E-state index contributed by atoms with van der Waals surface area (Å²) in [5.41, 5.74) is 5.56. The largest absolute Gasteiger partial charge is 0.373 e. The summed E-state index contributed by atoms with van der Waals surface area (Å²) in [6, 6.07) is 14.0. The summed E-state index contributed by atoms with van der Waals surface area (Å²) in [5.74, 6) is 0.707. The number of thioether (sulfide) groups is 1. The van der Waals surface area contributed by atoms with Crippen molar-refractivity contribution in [1.29, 1.82) is 10.7 Å². The Bertz CT molecular complexity index is 871. The third-order valence-corrected chi connectivity index (χ3v) is 5.53. The Hall–Kier alpha value is -1.89. The molecule has 28 heavy (non-hydrogen) atoms. The maximum absolute atomic E-state index is 9.48. The van der Waals surface area contributed by atoms with Gasteiger partial charge < -0.3 is 9.87 Å². The molecule has 0 aliphatic carbocycles. The number of hydrogen-bond acceptors (Lipinski definition) is 7. The van der Waals surface area contributed by atoms with Crippen LogP contribution < -0.4 is 10.8 Å². The Morgan fingerprint density at radius 1 is 1.29 bits per heavy atom. The van der Waals surface area contributed by atoms with Gasteiger partial charge in [-0.05, 0) is 48.7 Å². The molecule has 0 heterocycles. The Morgan fingerprint density at radius 3 is 2.68 bits per heavy atom. The maximum atomic E-state index is 9.48. The van der Waals surface area contributed by atoms with Crippen LogP contribution in [-0.2, 0) is 22.0 Å². The normalized spacial score (nSPS) is 11.0. The molecule has 2 rings (SSSR count). The van der Waals surface area contributed by atoms with Gasteiger partial charge in [-0.2, -0.15) is 9.55 Å². The van der Waals surface area contributed by atoms with Gasteiger partial charge in [0.25, 0.3) is 0 Å². The zero-order valence-corrected chi connectivity index (χ0v) is 17.8. The quantitative estimate of drug-likeness (QED) is 0.126. The van der Waals surface area contributed by atoms with Gasteiger partial charge in [0.05, 0.1) is 28.5 Å². The van der Waals surface area contributed by atoms with Crippen LogP contribution in [0.3, 0.4) is 0 Å². The van der Waals surface area contributed by atoms with Gasteiger partial charge >= 0.3 is 0 Å². The first-order chi connectivity index (χ1) is 13.4. The fourth-order valence-electron chi connectivity index (χ4n) is 2.44. The molecule has 0 radical (unpaired) electrons. The number of hydrogen-bond donors (Lipinski definition) is 4. The van der Waals surface area contributed by atoms with E-state index < -0.39 is 5.41 Å². The van der Waals surface area contributed by atoms with E-state index in [1.54, 1.807) is 17.8 Å². The average molecular weight is 437 g/mol. The minimum Gasteiger partial charge on any atom is -0.373 e. The van der Waals surface area contributed by atoms with Gasteiger partial charge in [0.15, 0.2) is 12.3 Å². The Kier molecular flexibility index (Phi) is 8.48. The first kappa shape index (κ1) is 22.4. The monoisotopic (exact) mass is 436 g/mol. The smallest absolute Gasteiger partial charge is 0.182 e. The molecule has 0 unspecified atom stereocenters. The second kappa shape index (κ2) is 10.6. The van der Waals surface area contributed by atoms with Crippen molar-refractivity contribution in [2.24, 2.45) is 0 Å². The van der Waals surface area contributed by atoms with Gasteiger partial charge in [-0.15, -0.1) is 11.8 Å². The molecule has 0 saturated heterocycles. The summed E-state index contributed by atoms with van der Waals surface area (Å²) in [5, 5.41) is 20.0. The average Bonchev–Trinajstić information content (AvgIpc) is 2.69. The van der Waals surface area contributed by atoms with E-state index in [2.05, 4.69) is 27.2 Å². The van der Waals surface area contributed by atoms with E-state index in [9.17, 15) is 5.26 Å². The van der Waals surface area contributed by atoms with Crippen molar-refractivity contribution in [2.45, 2.75) is 36.5 Å². The van der Waals surface area contributed by atoms with Crippen LogP contribution in [0.15, 0.2) is 41.3 Å². The second-order valence-electron chi connectivity index (χ2n) is 6.49. The highest BCUT2D eigenvalue weighted by molar-refractivity contribution is 7.98. The van der Waals surface area contributed by atoms with E-state index in [0.717, 1.165) is 27.9 Å². The predicted molar refractivity (Wildman–Crippen MR) is 117 cm³/mol. The molecule has 0 bridgehead atoms. The third kappa shape index (κ3) is 6.33. The molecule has 0 atom stereocenters. The van der Waals surface area contributed by atoms with E-state index in [1.807, 2.05) is 38.1 Å². The Labute approximate surface area is 178 Å². The van der Waals surface area contributed by atoms with E-state index >= 15 is 0 Å². The molecule has 2 aromatic carbocycles. The molecular weight excluding hydrogens is 416 g/mol. The molecular formula is C19H21ClN4O2S2. The Morgan fingerprint density at radius 2 is 2.04 bits per heavy atom. The highest BCUT2D eigenvalue weighted by atomic mass is 35.5. The van der Waals surface area contributed by atoms with Crippen LogP contribution in [0.4, 0.5) is 5.69 Å². The molecule has 0 fully saturated rings. The van der Waals surface area contributed by atoms with Crippen molar-refractivity contribution in [3.05, 3.63) is 58.1 Å². The van der Waals surface area contributed by atoms with Gasteiger partial charge in [-0.3, -0.25) is 10.9 Å². The summed E-state index contributed by atoms with van der Waals surface area (Å²) in [4.78, 5) is 0.983. The molecule has 0 spiro atoms. The lowest BCUT2D eigenvalue weighted by Crippen LogP contribution is -2.16. The lowest BCUT2D eigenvalue weighted by atomic mass is 9.84. The van der Waals surface area contributed by atoms with Crippen LogP contribution in [0.5, 0.6) is 0 Å². The number of halogens is 1. The summed E-state index contributed by atoms with van der Waals surface area (Å²) in [7, 11) is 0. The number of anilines is 1. The predicted octanol–water partition coefficient (Wildman–Crippen LogP) is 5.59. The minimum absolute atomic E-state index is 0.212. The number of benzene rings is 2. The summed E-state index contributed by atoms with van der Waals surface area (Å²) < 4.78 is 13.3. The van der Waals surface area contributed by atoms with Crippen LogP contribution in [0, 0.1) is 16.7 Å². The van der Waals surface area contributed by atoms with Gasteiger partial charge in [0, 0.05) is 17.2 Å². The molecule has 2 aromatic rings. The lowest BCUT2D eigenvalue weighted by molar-refractivity contribution is 0.427. The lowest BCUT2D eigenvalue weighted by Gasteiger charge is -2.19. The molecule has 0 aromatic heterocycles. The van der Waals surface area contributed by atoms with Crippen molar-refractivity contribution < 1.29 is 8.84 Å².